The molecule has 0 heterocycles. The molecule has 1 N–H and O–H groups in total. The van der Waals surface area contributed by atoms with Crippen molar-refractivity contribution >= 4 is 44.5 Å². The summed E-state index contributed by atoms with van der Waals surface area (Å²) in [6.07, 6.45) is 1.33. The van der Waals surface area contributed by atoms with Gasteiger partial charge in [0.05, 0.1) is 11.1 Å². The number of hydrogen-bond acceptors (Lipinski definition) is 5. The summed E-state index contributed by atoms with van der Waals surface area (Å²) in [6, 6.07) is 17.4. The Morgan fingerprint density at radius 2 is 1.93 bits per heavy atom. The molecule has 0 saturated heterocycles. The first-order valence-electron chi connectivity index (χ1n) is 7.90. The number of hydrogen-bond donors (Lipinski definition) is 1. The van der Waals surface area contributed by atoms with Crippen molar-refractivity contribution < 1.29 is 14.5 Å². The molecule has 3 aromatic carbocycles. The summed E-state index contributed by atoms with van der Waals surface area (Å²) < 4.78 is 6.46. The number of benzene rings is 3. The number of rotatable bonds is 6. The van der Waals surface area contributed by atoms with Crippen LogP contribution in [0.2, 0.25) is 0 Å². The van der Waals surface area contributed by atoms with Gasteiger partial charge in [0.25, 0.3) is 11.6 Å². The van der Waals surface area contributed by atoms with Gasteiger partial charge in [-0.2, -0.15) is 5.10 Å². The molecule has 3 aromatic rings. The van der Waals surface area contributed by atoms with Gasteiger partial charge in [0.15, 0.2) is 6.61 Å². The van der Waals surface area contributed by atoms with Gasteiger partial charge in [-0.25, -0.2) is 5.43 Å². The minimum absolute atomic E-state index is 0.0445. The molecule has 0 radical (unpaired) electrons. The standard InChI is InChI=1S/C19H14BrN3O4/c20-16-6-4-15-10-18(7-5-14(15)9-16)27-12-19(24)22-21-11-13-2-1-3-17(8-13)23(25)26/h1-11H,12H2,(H,22,24)/b21-11+. The normalized spacial score (nSPS) is 10.9. The predicted octanol–water partition coefficient (Wildman–Crippen LogP) is 4.04. The van der Waals surface area contributed by atoms with Crippen molar-refractivity contribution in [2.75, 3.05) is 6.61 Å². The number of non-ortho nitro benzene ring substituents is 1. The molecule has 0 unspecified atom stereocenters. The van der Waals surface area contributed by atoms with Crippen molar-refractivity contribution in [3.05, 3.63) is 80.8 Å². The van der Waals surface area contributed by atoms with E-state index in [1.165, 1.54) is 18.3 Å². The Balaban J connectivity index is 1.54. The van der Waals surface area contributed by atoms with E-state index in [1.807, 2.05) is 30.3 Å². The summed E-state index contributed by atoms with van der Waals surface area (Å²) in [7, 11) is 0. The summed E-state index contributed by atoms with van der Waals surface area (Å²) in [5, 5.41) is 16.6. The summed E-state index contributed by atoms with van der Waals surface area (Å²) in [5.41, 5.74) is 2.79. The Kier molecular flexibility index (Phi) is 5.77. The van der Waals surface area contributed by atoms with Gasteiger partial charge in [-0.15, -0.1) is 0 Å². The number of nitro groups is 1. The van der Waals surface area contributed by atoms with Gasteiger partial charge in [0, 0.05) is 22.2 Å². The van der Waals surface area contributed by atoms with E-state index >= 15 is 0 Å². The predicted molar refractivity (Wildman–Crippen MR) is 106 cm³/mol. The van der Waals surface area contributed by atoms with Crippen molar-refractivity contribution in [3.63, 3.8) is 0 Å². The molecule has 0 spiro atoms. The van der Waals surface area contributed by atoms with E-state index in [0.717, 1.165) is 15.2 Å². The number of ether oxygens (including phenoxy) is 1. The summed E-state index contributed by atoms with van der Waals surface area (Å²) in [4.78, 5) is 22.1. The second-order valence-corrected chi connectivity index (χ2v) is 6.50. The molecule has 27 heavy (non-hydrogen) atoms. The van der Waals surface area contributed by atoms with Crippen molar-refractivity contribution in [2.24, 2.45) is 5.10 Å². The van der Waals surface area contributed by atoms with E-state index in [-0.39, 0.29) is 12.3 Å². The average molecular weight is 428 g/mol. The monoisotopic (exact) mass is 427 g/mol. The van der Waals surface area contributed by atoms with Crippen LogP contribution in [0.5, 0.6) is 5.75 Å². The third-order valence-corrected chi connectivity index (χ3v) is 4.12. The summed E-state index contributed by atoms with van der Waals surface area (Å²) >= 11 is 3.42. The van der Waals surface area contributed by atoms with Gasteiger partial charge < -0.3 is 4.74 Å². The van der Waals surface area contributed by atoms with E-state index in [0.29, 0.717) is 11.3 Å². The van der Waals surface area contributed by atoms with Crippen molar-refractivity contribution in [2.45, 2.75) is 0 Å². The number of nitro benzene ring substituents is 1. The number of amides is 1. The van der Waals surface area contributed by atoms with Crippen LogP contribution in [0, 0.1) is 10.1 Å². The third-order valence-electron chi connectivity index (χ3n) is 3.63. The molecule has 0 aromatic heterocycles. The lowest BCUT2D eigenvalue weighted by Gasteiger charge is -2.06. The quantitative estimate of drug-likeness (QED) is 0.364. The lowest BCUT2D eigenvalue weighted by Crippen LogP contribution is -2.24. The summed E-state index contributed by atoms with van der Waals surface area (Å²) in [5.74, 6) is 0.134. The lowest BCUT2D eigenvalue weighted by atomic mass is 10.1. The molecule has 8 heteroatoms. The number of hydrazone groups is 1. The Bertz CT molecular complexity index is 1040. The minimum atomic E-state index is -0.494. The van der Waals surface area contributed by atoms with Crippen LogP contribution in [0.15, 0.2) is 70.2 Å². The van der Waals surface area contributed by atoms with Gasteiger partial charge in [0.1, 0.15) is 5.75 Å². The van der Waals surface area contributed by atoms with Crippen LogP contribution in [0.4, 0.5) is 5.69 Å². The zero-order valence-electron chi connectivity index (χ0n) is 14.0. The first-order valence-corrected chi connectivity index (χ1v) is 8.69. The number of carbonyl (C=O) groups excluding carboxylic acids is 1. The number of halogens is 1. The zero-order chi connectivity index (χ0) is 19.2. The third kappa shape index (κ3) is 5.11. The van der Waals surface area contributed by atoms with Crippen LogP contribution in [-0.4, -0.2) is 23.7 Å². The van der Waals surface area contributed by atoms with Crippen LogP contribution in [-0.2, 0) is 4.79 Å². The van der Waals surface area contributed by atoms with Crippen molar-refractivity contribution in [1.29, 1.82) is 0 Å². The Morgan fingerprint density at radius 1 is 1.15 bits per heavy atom. The molecular formula is C19H14BrN3O4. The highest BCUT2D eigenvalue weighted by molar-refractivity contribution is 9.10. The van der Waals surface area contributed by atoms with Gasteiger partial charge >= 0.3 is 0 Å². The van der Waals surface area contributed by atoms with Gasteiger partial charge in [-0.1, -0.05) is 40.2 Å². The van der Waals surface area contributed by atoms with E-state index in [9.17, 15) is 14.9 Å². The van der Waals surface area contributed by atoms with E-state index in [1.54, 1.807) is 18.2 Å². The number of nitrogens with zero attached hydrogens (tertiary/aromatic N) is 2. The molecule has 0 aliphatic heterocycles. The molecule has 136 valence electrons. The maximum Gasteiger partial charge on any atom is 0.277 e. The SMILES string of the molecule is O=C(COc1ccc2cc(Br)ccc2c1)N/N=C/c1cccc([N+](=O)[O-])c1. The number of fused-ring (bicyclic) bond motifs is 1. The lowest BCUT2D eigenvalue weighted by molar-refractivity contribution is -0.384. The number of nitrogens with one attached hydrogen (secondary N) is 1. The first kappa shape index (κ1) is 18.5. The highest BCUT2D eigenvalue weighted by atomic mass is 79.9. The van der Waals surface area contributed by atoms with Gasteiger partial charge in [0.2, 0.25) is 0 Å². The molecule has 1 amide bonds. The largest absolute Gasteiger partial charge is 0.484 e. The molecule has 0 aliphatic rings. The highest BCUT2D eigenvalue weighted by Crippen LogP contribution is 2.24. The second-order valence-electron chi connectivity index (χ2n) is 5.59. The Labute approximate surface area is 162 Å². The smallest absolute Gasteiger partial charge is 0.277 e. The average Bonchev–Trinajstić information content (AvgIpc) is 2.66. The molecule has 3 rings (SSSR count). The van der Waals surface area contributed by atoms with Crippen molar-refractivity contribution in [3.8, 4) is 5.75 Å². The Morgan fingerprint density at radius 3 is 2.74 bits per heavy atom. The molecule has 0 aliphatic carbocycles. The maximum absolute atomic E-state index is 11.8. The van der Waals surface area contributed by atoms with Gasteiger partial charge in [-0.05, 0) is 35.0 Å². The maximum atomic E-state index is 11.8. The van der Waals surface area contributed by atoms with E-state index in [4.69, 9.17) is 4.74 Å². The molecule has 0 saturated carbocycles. The molecule has 0 bridgehead atoms. The molecule has 7 nitrogen and oxygen atoms in total. The minimum Gasteiger partial charge on any atom is -0.484 e. The second kappa shape index (κ2) is 8.41. The van der Waals surface area contributed by atoms with E-state index in [2.05, 4.69) is 26.5 Å². The van der Waals surface area contributed by atoms with Crippen LogP contribution in [0.25, 0.3) is 10.8 Å². The molecule has 0 atom stereocenters. The van der Waals surface area contributed by atoms with Crippen LogP contribution < -0.4 is 10.2 Å². The highest BCUT2D eigenvalue weighted by Gasteiger charge is 2.05. The zero-order valence-corrected chi connectivity index (χ0v) is 15.5. The number of carbonyl (C=O) groups is 1. The van der Waals surface area contributed by atoms with Crippen molar-refractivity contribution in [1.82, 2.24) is 5.43 Å². The topological polar surface area (TPSA) is 93.8 Å². The Hall–Kier alpha value is -3.26. The summed E-state index contributed by atoms with van der Waals surface area (Å²) in [6.45, 7) is -0.200. The van der Waals surface area contributed by atoms with Gasteiger partial charge in [-0.3, -0.25) is 14.9 Å². The van der Waals surface area contributed by atoms with Crippen LogP contribution in [0.1, 0.15) is 5.56 Å². The molecule has 0 fully saturated rings. The first-order chi connectivity index (χ1) is 13.0. The van der Waals surface area contributed by atoms with E-state index < -0.39 is 10.8 Å². The fraction of sp³-hybridized carbons (Fsp3) is 0.0526. The fourth-order valence-corrected chi connectivity index (χ4v) is 2.74. The molecular weight excluding hydrogens is 414 g/mol. The van der Waals surface area contributed by atoms with Crippen LogP contribution >= 0.6 is 15.9 Å². The fourth-order valence-electron chi connectivity index (χ4n) is 2.36. The van der Waals surface area contributed by atoms with Crippen LogP contribution in [0.3, 0.4) is 0 Å².